The minimum absolute atomic E-state index is 0.00619. The Morgan fingerprint density at radius 2 is 1.86 bits per heavy atom. The molecule has 0 aliphatic carbocycles. The van der Waals surface area contributed by atoms with E-state index >= 15 is 0 Å². The summed E-state index contributed by atoms with van der Waals surface area (Å²) in [7, 11) is 0. The Morgan fingerprint density at radius 1 is 1.03 bits per heavy atom. The number of non-ortho nitro benzene ring substituents is 1. The van der Waals surface area contributed by atoms with Gasteiger partial charge in [-0.3, -0.25) is 14.9 Å². The highest BCUT2D eigenvalue weighted by Gasteiger charge is 2.24. The number of fused-ring (bicyclic) bond motifs is 1. The van der Waals surface area contributed by atoms with Crippen LogP contribution in [0.15, 0.2) is 78.2 Å². The van der Waals surface area contributed by atoms with Crippen LogP contribution in [0.2, 0.25) is 0 Å². The number of phenolic OH excluding ortho intramolecular Hbond substituents is 1. The highest BCUT2D eigenvalue weighted by molar-refractivity contribution is 7.12. The van der Waals surface area contributed by atoms with Gasteiger partial charge >= 0.3 is 0 Å². The Morgan fingerprint density at radius 3 is 2.62 bits per heavy atom. The summed E-state index contributed by atoms with van der Waals surface area (Å²) in [5.74, 6) is -0.310. The molecule has 0 aliphatic heterocycles. The van der Waals surface area contributed by atoms with Crippen molar-refractivity contribution in [2.45, 2.75) is 6.04 Å². The molecule has 4 aromatic rings. The fourth-order valence-electron chi connectivity index (χ4n) is 3.34. The topological polar surface area (TPSA) is 92.5 Å². The van der Waals surface area contributed by atoms with Crippen LogP contribution in [0.4, 0.5) is 5.69 Å². The maximum Gasteiger partial charge on any atom is 0.269 e. The zero-order chi connectivity index (χ0) is 20.4. The molecular formula is C22H16N2O4S. The lowest BCUT2D eigenvalue weighted by Crippen LogP contribution is -2.29. The molecule has 2 N–H and O–H groups in total. The third kappa shape index (κ3) is 3.68. The summed E-state index contributed by atoms with van der Waals surface area (Å²) < 4.78 is 0. The lowest BCUT2D eigenvalue weighted by Gasteiger charge is -2.22. The van der Waals surface area contributed by atoms with Crippen LogP contribution in [0.5, 0.6) is 5.75 Å². The van der Waals surface area contributed by atoms with Gasteiger partial charge < -0.3 is 10.4 Å². The molecule has 0 radical (unpaired) electrons. The van der Waals surface area contributed by atoms with Crippen molar-refractivity contribution in [2.24, 2.45) is 0 Å². The van der Waals surface area contributed by atoms with Crippen molar-refractivity contribution in [2.75, 3.05) is 0 Å². The minimum atomic E-state index is -0.768. The summed E-state index contributed by atoms with van der Waals surface area (Å²) in [4.78, 5) is 24.1. The fraction of sp³-hybridized carbons (Fsp3) is 0.0455. The molecule has 0 aliphatic rings. The second kappa shape index (κ2) is 7.73. The predicted molar refractivity (Wildman–Crippen MR) is 112 cm³/mol. The molecule has 3 aromatic carbocycles. The van der Waals surface area contributed by atoms with E-state index < -0.39 is 11.0 Å². The van der Waals surface area contributed by atoms with Gasteiger partial charge in [0.15, 0.2) is 0 Å². The molecule has 0 saturated carbocycles. The van der Waals surface area contributed by atoms with Crippen molar-refractivity contribution in [1.29, 1.82) is 0 Å². The van der Waals surface area contributed by atoms with Gasteiger partial charge in [-0.15, -0.1) is 11.3 Å². The van der Waals surface area contributed by atoms with Crippen LogP contribution in [0.25, 0.3) is 10.8 Å². The van der Waals surface area contributed by atoms with Crippen molar-refractivity contribution < 1.29 is 14.8 Å². The van der Waals surface area contributed by atoms with Crippen molar-refractivity contribution >= 4 is 33.7 Å². The van der Waals surface area contributed by atoms with Crippen molar-refractivity contribution in [1.82, 2.24) is 5.32 Å². The van der Waals surface area contributed by atoms with Gasteiger partial charge in [0.1, 0.15) is 5.75 Å². The lowest BCUT2D eigenvalue weighted by molar-refractivity contribution is -0.384. The summed E-state index contributed by atoms with van der Waals surface area (Å²) in [6.07, 6.45) is 0. The number of benzene rings is 3. The zero-order valence-corrected chi connectivity index (χ0v) is 15.9. The number of thiophene rings is 1. The summed E-state index contributed by atoms with van der Waals surface area (Å²) in [5, 5.41) is 28.3. The van der Waals surface area contributed by atoms with Crippen LogP contribution in [0, 0.1) is 10.1 Å². The van der Waals surface area contributed by atoms with E-state index in [0.717, 1.165) is 10.8 Å². The Hall–Kier alpha value is -3.71. The van der Waals surface area contributed by atoms with Crippen molar-refractivity contribution in [3.8, 4) is 5.75 Å². The smallest absolute Gasteiger partial charge is 0.269 e. The normalized spacial score (nSPS) is 11.9. The third-order valence-electron chi connectivity index (χ3n) is 4.67. The molecule has 6 nitrogen and oxygen atoms in total. The molecule has 0 fully saturated rings. The molecule has 144 valence electrons. The number of carbonyl (C=O) groups is 1. The number of phenols is 1. The maximum absolute atomic E-state index is 12.8. The number of hydrogen-bond acceptors (Lipinski definition) is 5. The Labute approximate surface area is 170 Å². The summed E-state index contributed by atoms with van der Waals surface area (Å²) >= 11 is 1.30. The monoisotopic (exact) mass is 404 g/mol. The Kier molecular flexibility index (Phi) is 4.97. The average molecular weight is 404 g/mol. The molecule has 1 unspecified atom stereocenters. The van der Waals surface area contributed by atoms with E-state index in [9.17, 15) is 20.0 Å². The number of hydrogen-bond donors (Lipinski definition) is 2. The van der Waals surface area contributed by atoms with Crippen molar-refractivity contribution in [3.63, 3.8) is 0 Å². The van der Waals surface area contributed by atoms with E-state index in [4.69, 9.17) is 0 Å². The molecule has 0 bridgehead atoms. The first-order chi connectivity index (χ1) is 14.0. The number of nitrogens with zero attached hydrogens (tertiary/aromatic N) is 1. The molecule has 0 saturated heterocycles. The van der Waals surface area contributed by atoms with Gasteiger partial charge in [-0.25, -0.2) is 0 Å². The first-order valence-electron chi connectivity index (χ1n) is 8.84. The fourth-order valence-corrected chi connectivity index (χ4v) is 3.96. The Bertz CT molecular complexity index is 1200. The summed E-state index contributed by atoms with van der Waals surface area (Å²) in [6.45, 7) is 0. The van der Waals surface area contributed by atoms with E-state index in [0.29, 0.717) is 16.0 Å². The molecule has 29 heavy (non-hydrogen) atoms. The molecule has 4 rings (SSSR count). The number of carbonyl (C=O) groups excluding carboxylic acids is 1. The molecule has 0 spiro atoms. The number of amides is 1. The highest BCUT2D eigenvalue weighted by Crippen LogP contribution is 2.37. The van der Waals surface area contributed by atoms with E-state index in [2.05, 4.69) is 5.32 Å². The van der Waals surface area contributed by atoms with Gasteiger partial charge in [0.25, 0.3) is 11.6 Å². The van der Waals surface area contributed by atoms with Gasteiger partial charge in [-0.2, -0.15) is 0 Å². The Balaban J connectivity index is 1.89. The largest absolute Gasteiger partial charge is 0.508 e. The lowest BCUT2D eigenvalue weighted by atomic mass is 9.92. The number of rotatable bonds is 5. The van der Waals surface area contributed by atoms with E-state index in [1.54, 1.807) is 41.8 Å². The number of aromatic hydroxyl groups is 1. The first-order valence-corrected chi connectivity index (χ1v) is 9.72. The van der Waals surface area contributed by atoms with E-state index in [-0.39, 0.29) is 17.3 Å². The summed E-state index contributed by atoms with van der Waals surface area (Å²) in [5.41, 5.74) is 0.918. The van der Waals surface area contributed by atoms with Gasteiger partial charge in [-0.1, -0.05) is 48.5 Å². The van der Waals surface area contributed by atoms with Gasteiger partial charge in [-0.05, 0) is 33.8 Å². The van der Waals surface area contributed by atoms with Crippen LogP contribution in [0.3, 0.4) is 0 Å². The number of nitrogens with one attached hydrogen (secondary N) is 1. The zero-order valence-electron chi connectivity index (χ0n) is 15.1. The molecule has 1 heterocycles. The predicted octanol–water partition coefficient (Wildman–Crippen LogP) is 5.03. The quantitative estimate of drug-likeness (QED) is 0.360. The van der Waals surface area contributed by atoms with Crippen LogP contribution in [-0.2, 0) is 0 Å². The van der Waals surface area contributed by atoms with Crippen LogP contribution in [-0.4, -0.2) is 15.9 Å². The molecule has 7 heteroatoms. The van der Waals surface area contributed by atoms with Crippen molar-refractivity contribution in [3.05, 3.63) is 104 Å². The van der Waals surface area contributed by atoms with Gasteiger partial charge in [0.2, 0.25) is 0 Å². The van der Waals surface area contributed by atoms with E-state index in [1.807, 2.05) is 24.3 Å². The van der Waals surface area contributed by atoms with Crippen LogP contribution in [0.1, 0.15) is 26.8 Å². The maximum atomic E-state index is 12.8. The average Bonchev–Trinajstić information content (AvgIpc) is 3.27. The molecule has 1 amide bonds. The molecule has 1 atom stereocenters. The minimum Gasteiger partial charge on any atom is -0.508 e. The first kappa shape index (κ1) is 18.6. The standard InChI is InChI=1S/C22H16N2O4S/c25-18-11-10-14-5-1-2-8-17(14)20(18)21(23-22(26)19-9-4-12-29-19)15-6-3-7-16(13-15)24(27)28/h1-13,21,25H,(H,23,26). The second-order valence-electron chi connectivity index (χ2n) is 6.46. The second-order valence-corrected chi connectivity index (χ2v) is 7.40. The molecule has 1 aromatic heterocycles. The highest BCUT2D eigenvalue weighted by atomic mass is 32.1. The van der Waals surface area contributed by atoms with Gasteiger partial charge in [0, 0.05) is 17.7 Å². The molecular weight excluding hydrogens is 388 g/mol. The number of nitro groups is 1. The SMILES string of the molecule is O=C(NC(c1cccc([N+](=O)[O-])c1)c1c(O)ccc2ccccc12)c1cccs1. The van der Waals surface area contributed by atoms with E-state index in [1.165, 1.54) is 23.5 Å². The number of nitro benzene ring substituents is 1. The van der Waals surface area contributed by atoms with Gasteiger partial charge in [0.05, 0.1) is 15.8 Å². The third-order valence-corrected chi connectivity index (χ3v) is 5.54. The van der Waals surface area contributed by atoms with Crippen LogP contribution < -0.4 is 5.32 Å². The van der Waals surface area contributed by atoms with Crippen LogP contribution >= 0.6 is 11.3 Å². The summed E-state index contributed by atoms with van der Waals surface area (Å²) in [6, 6.07) is 19.6.